The maximum absolute atomic E-state index is 9.03. The zero-order valence-electron chi connectivity index (χ0n) is 13.4. The molecule has 1 aromatic carbocycles. The van der Waals surface area contributed by atoms with Crippen molar-refractivity contribution < 1.29 is 0 Å². The van der Waals surface area contributed by atoms with Gasteiger partial charge in [-0.2, -0.15) is 5.26 Å². The Labute approximate surface area is 136 Å². The number of allylic oxidation sites excluding steroid dienone is 2. The van der Waals surface area contributed by atoms with Crippen LogP contribution in [0.4, 0.5) is 5.69 Å². The number of fused-ring (bicyclic) bond motifs is 3. The molecular formula is C20H19N3. The standard InChI is InChI=1S/C20H19N3/c1-12-6-9-19-18(10-12)16-4-3-5-17(16)20(23-19)15-8-7-14(11-21)22-13(15)2/h3-4,6-10,16-17,20,23H,5H2,1-2H3/t16-,17+,20+/m1/s1. The molecule has 114 valence electrons. The molecule has 0 fully saturated rings. The van der Waals surface area contributed by atoms with Crippen molar-refractivity contribution in [2.45, 2.75) is 32.2 Å². The molecule has 0 amide bonds. The summed E-state index contributed by atoms with van der Waals surface area (Å²) in [6.07, 6.45) is 5.73. The van der Waals surface area contributed by atoms with Crippen molar-refractivity contribution in [1.29, 1.82) is 5.26 Å². The Balaban J connectivity index is 1.79. The lowest BCUT2D eigenvalue weighted by atomic mass is 9.76. The summed E-state index contributed by atoms with van der Waals surface area (Å²) in [7, 11) is 0. The van der Waals surface area contributed by atoms with Gasteiger partial charge in [-0.15, -0.1) is 0 Å². The number of hydrogen-bond donors (Lipinski definition) is 1. The Morgan fingerprint density at radius 3 is 2.83 bits per heavy atom. The summed E-state index contributed by atoms with van der Waals surface area (Å²) in [5.41, 5.74) is 6.56. The topological polar surface area (TPSA) is 48.7 Å². The third kappa shape index (κ3) is 2.22. The molecule has 3 nitrogen and oxygen atoms in total. The summed E-state index contributed by atoms with van der Waals surface area (Å²) in [5.74, 6) is 0.976. The van der Waals surface area contributed by atoms with E-state index in [4.69, 9.17) is 5.26 Å². The molecule has 2 aliphatic rings. The van der Waals surface area contributed by atoms with E-state index in [0.717, 1.165) is 12.1 Å². The third-order valence-corrected chi connectivity index (χ3v) is 5.09. The molecule has 1 aliphatic heterocycles. The van der Waals surface area contributed by atoms with Crippen molar-refractivity contribution in [2.24, 2.45) is 5.92 Å². The van der Waals surface area contributed by atoms with E-state index in [1.807, 2.05) is 13.0 Å². The first-order chi connectivity index (χ1) is 11.2. The van der Waals surface area contributed by atoms with Gasteiger partial charge in [0.05, 0.1) is 6.04 Å². The van der Waals surface area contributed by atoms with E-state index in [1.165, 1.54) is 22.4 Å². The van der Waals surface area contributed by atoms with Crippen LogP contribution in [0.5, 0.6) is 0 Å². The van der Waals surface area contributed by atoms with Crippen LogP contribution in [0, 0.1) is 31.1 Å². The summed E-state index contributed by atoms with van der Waals surface area (Å²) in [6.45, 7) is 4.15. The van der Waals surface area contributed by atoms with Crippen LogP contribution in [-0.2, 0) is 0 Å². The van der Waals surface area contributed by atoms with Gasteiger partial charge in [-0.05, 0) is 49.4 Å². The van der Waals surface area contributed by atoms with E-state index >= 15 is 0 Å². The Bertz CT molecular complexity index is 844. The molecule has 1 N–H and O–H groups in total. The molecular weight excluding hydrogens is 282 g/mol. The lowest BCUT2D eigenvalue weighted by molar-refractivity contribution is 0.423. The average molecular weight is 301 g/mol. The molecule has 3 atom stereocenters. The van der Waals surface area contributed by atoms with Gasteiger partial charge in [0.15, 0.2) is 0 Å². The van der Waals surface area contributed by atoms with Crippen LogP contribution in [0.15, 0.2) is 42.5 Å². The molecule has 2 heterocycles. The molecule has 0 radical (unpaired) electrons. The Morgan fingerprint density at radius 1 is 1.17 bits per heavy atom. The van der Waals surface area contributed by atoms with Crippen molar-refractivity contribution in [3.8, 4) is 6.07 Å². The van der Waals surface area contributed by atoms with Crippen LogP contribution in [0.25, 0.3) is 0 Å². The molecule has 4 rings (SSSR count). The van der Waals surface area contributed by atoms with E-state index in [2.05, 4.69) is 59.7 Å². The molecule has 3 heteroatoms. The Kier molecular flexibility index (Phi) is 3.20. The van der Waals surface area contributed by atoms with Gasteiger partial charge in [0.25, 0.3) is 0 Å². The van der Waals surface area contributed by atoms with Crippen molar-refractivity contribution in [3.05, 3.63) is 70.6 Å². The highest BCUT2D eigenvalue weighted by atomic mass is 15.0. The molecule has 0 spiro atoms. The number of aromatic nitrogens is 1. The van der Waals surface area contributed by atoms with Gasteiger partial charge < -0.3 is 5.32 Å². The molecule has 23 heavy (non-hydrogen) atoms. The van der Waals surface area contributed by atoms with Gasteiger partial charge in [0.1, 0.15) is 11.8 Å². The number of hydrogen-bond acceptors (Lipinski definition) is 3. The molecule has 0 saturated heterocycles. The number of nitriles is 1. The summed E-state index contributed by atoms with van der Waals surface area (Å²) >= 11 is 0. The molecule has 1 aromatic heterocycles. The van der Waals surface area contributed by atoms with E-state index in [0.29, 0.717) is 17.5 Å². The zero-order valence-corrected chi connectivity index (χ0v) is 13.4. The minimum Gasteiger partial charge on any atom is -0.378 e. The Morgan fingerprint density at radius 2 is 2.04 bits per heavy atom. The summed E-state index contributed by atoms with van der Waals surface area (Å²) < 4.78 is 0. The fraction of sp³-hybridized carbons (Fsp3) is 0.300. The highest BCUT2D eigenvalue weighted by molar-refractivity contribution is 5.60. The molecule has 1 aliphatic carbocycles. The van der Waals surface area contributed by atoms with E-state index < -0.39 is 0 Å². The number of nitrogens with one attached hydrogen (secondary N) is 1. The van der Waals surface area contributed by atoms with Crippen LogP contribution < -0.4 is 5.32 Å². The van der Waals surface area contributed by atoms with E-state index in [1.54, 1.807) is 0 Å². The lowest BCUT2D eigenvalue weighted by Crippen LogP contribution is -2.29. The predicted molar refractivity (Wildman–Crippen MR) is 91.2 cm³/mol. The first kappa shape index (κ1) is 14.0. The quantitative estimate of drug-likeness (QED) is 0.794. The predicted octanol–water partition coefficient (Wildman–Crippen LogP) is 4.40. The number of aryl methyl sites for hydroxylation is 2. The first-order valence-electron chi connectivity index (χ1n) is 8.09. The number of anilines is 1. The number of benzene rings is 1. The molecule has 0 unspecified atom stereocenters. The van der Waals surface area contributed by atoms with Gasteiger partial charge in [0, 0.05) is 17.3 Å². The van der Waals surface area contributed by atoms with Gasteiger partial charge in [-0.25, -0.2) is 4.98 Å². The molecule has 0 saturated carbocycles. The minimum atomic E-state index is 0.241. The average Bonchev–Trinajstić information content (AvgIpc) is 3.04. The summed E-state index contributed by atoms with van der Waals surface area (Å²) in [4.78, 5) is 4.43. The maximum atomic E-state index is 9.03. The SMILES string of the molecule is Cc1ccc2c(c1)[C@@H]1C=CC[C@@H]1[C@H](c1ccc(C#N)nc1C)N2. The molecule has 0 bridgehead atoms. The minimum absolute atomic E-state index is 0.241. The summed E-state index contributed by atoms with van der Waals surface area (Å²) in [5, 5.41) is 12.8. The van der Waals surface area contributed by atoms with Gasteiger partial charge in [-0.1, -0.05) is 35.9 Å². The van der Waals surface area contributed by atoms with E-state index in [-0.39, 0.29) is 6.04 Å². The maximum Gasteiger partial charge on any atom is 0.140 e. The zero-order chi connectivity index (χ0) is 16.0. The van der Waals surface area contributed by atoms with E-state index in [9.17, 15) is 0 Å². The second-order valence-electron chi connectivity index (χ2n) is 6.55. The van der Waals surface area contributed by atoms with Crippen LogP contribution in [0.1, 0.15) is 46.5 Å². The third-order valence-electron chi connectivity index (χ3n) is 5.09. The molecule has 2 aromatic rings. The van der Waals surface area contributed by atoms with Crippen molar-refractivity contribution in [2.75, 3.05) is 5.32 Å². The lowest BCUT2D eigenvalue weighted by Gasteiger charge is -2.38. The van der Waals surface area contributed by atoms with Crippen LogP contribution in [-0.4, -0.2) is 4.98 Å². The van der Waals surface area contributed by atoms with Crippen molar-refractivity contribution in [3.63, 3.8) is 0 Å². The fourth-order valence-electron chi connectivity index (χ4n) is 3.98. The van der Waals surface area contributed by atoms with Crippen molar-refractivity contribution in [1.82, 2.24) is 4.98 Å². The second kappa shape index (κ2) is 5.24. The smallest absolute Gasteiger partial charge is 0.140 e. The highest BCUT2D eigenvalue weighted by Gasteiger charge is 2.38. The normalized spacial score (nSPS) is 24.5. The van der Waals surface area contributed by atoms with Gasteiger partial charge in [0.2, 0.25) is 0 Å². The Hall–Kier alpha value is -2.60. The van der Waals surface area contributed by atoms with Crippen LogP contribution in [0.3, 0.4) is 0 Å². The summed E-state index contributed by atoms with van der Waals surface area (Å²) in [6, 6.07) is 12.9. The number of rotatable bonds is 1. The second-order valence-corrected chi connectivity index (χ2v) is 6.55. The largest absolute Gasteiger partial charge is 0.378 e. The monoisotopic (exact) mass is 301 g/mol. The van der Waals surface area contributed by atoms with Crippen molar-refractivity contribution >= 4 is 5.69 Å². The number of nitrogens with zero attached hydrogens (tertiary/aromatic N) is 2. The van der Waals surface area contributed by atoms with Gasteiger partial charge in [-0.3, -0.25) is 0 Å². The van der Waals surface area contributed by atoms with Crippen LogP contribution >= 0.6 is 0 Å². The van der Waals surface area contributed by atoms with Crippen LogP contribution in [0.2, 0.25) is 0 Å². The highest BCUT2D eigenvalue weighted by Crippen LogP contribution is 2.50. The fourth-order valence-corrected chi connectivity index (χ4v) is 3.98. The first-order valence-corrected chi connectivity index (χ1v) is 8.09. The van der Waals surface area contributed by atoms with Gasteiger partial charge >= 0.3 is 0 Å². The number of pyridine rings is 1.